The third kappa shape index (κ3) is 3.38. The van der Waals surface area contributed by atoms with E-state index in [9.17, 15) is 14.4 Å². The lowest BCUT2D eigenvalue weighted by Crippen LogP contribution is -2.32. The molecule has 0 bridgehead atoms. The summed E-state index contributed by atoms with van der Waals surface area (Å²) in [5.41, 5.74) is 5.40. The minimum Gasteiger partial charge on any atom is -0.470 e. The number of para-hydroxylation sites is 1. The summed E-state index contributed by atoms with van der Waals surface area (Å²) in [4.78, 5) is 34.6. The highest BCUT2D eigenvalue weighted by molar-refractivity contribution is 6.20. The second-order valence-electron chi connectivity index (χ2n) is 4.36. The molecule has 1 aliphatic heterocycles. The van der Waals surface area contributed by atoms with E-state index >= 15 is 0 Å². The first kappa shape index (κ1) is 14.6. The minimum absolute atomic E-state index is 0.00729. The molecule has 1 aliphatic rings. The molecule has 0 saturated heterocycles. The lowest BCUT2D eigenvalue weighted by Gasteiger charge is -2.11. The summed E-state index contributed by atoms with van der Waals surface area (Å²) in [6.45, 7) is 1.07. The average molecular weight is 290 g/mol. The van der Waals surface area contributed by atoms with E-state index in [2.05, 4.69) is 5.32 Å². The largest absolute Gasteiger partial charge is 0.470 e. The molecular formula is C14H14N2O5. The molecule has 110 valence electrons. The van der Waals surface area contributed by atoms with Crippen LogP contribution in [0, 0.1) is 0 Å². The number of rotatable bonds is 5. The predicted molar refractivity (Wildman–Crippen MR) is 72.8 cm³/mol. The standard InChI is InChI=1S/C14H14N2O5/c1-8(12(15)18)21-14(19)11-10(17)7-20-13(11)16-9-5-3-2-4-6-9/h2-6,8,16H,7H2,1H3,(H2,15,18)/t8-/m1/s1. The normalized spacial score (nSPS) is 15.4. The van der Waals surface area contributed by atoms with Crippen molar-refractivity contribution in [2.45, 2.75) is 13.0 Å². The van der Waals surface area contributed by atoms with Crippen LogP contribution in [0.2, 0.25) is 0 Å². The quantitative estimate of drug-likeness (QED) is 0.597. The molecule has 0 aliphatic carbocycles. The number of primary amides is 1. The summed E-state index contributed by atoms with van der Waals surface area (Å²) < 4.78 is 9.97. The fourth-order valence-electron chi connectivity index (χ4n) is 1.64. The van der Waals surface area contributed by atoms with Gasteiger partial charge in [-0.2, -0.15) is 0 Å². The highest BCUT2D eigenvalue weighted by atomic mass is 16.6. The number of benzene rings is 1. The van der Waals surface area contributed by atoms with Gasteiger partial charge in [0.15, 0.2) is 18.3 Å². The van der Waals surface area contributed by atoms with Gasteiger partial charge in [0.1, 0.15) is 0 Å². The van der Waals surface area contributed by atoms with Crippen LogP contribution in [0.3, 0.4) is 0 Å². The van der Waals surface area contributed by atoms with Crippen LogP contribution in [0.25, 0.3) is 0 Å². The number of carbonyl (C=O) groups excluding carboxylic acids is 3. The zero-order valence-electron chi connectivity index (χ0n) is 11.3. The van der Waals surface area contributed by atoms with Gasteiger partial charge in [0.05, 0.1) is 0 Å². The molecule has 0 radical (unpaired) electrons. The Bertz CT molecular complexity index is 609. The summed E-state index contributed by atoms with van der Waals surface area (Å²) in [6, 6.07) is 8.88. The number of amides is 1. The summed E-state index contributed by atoms with van der Waals surface area (Å²) in [5.74, 6) is -2.25. The number of nitrogens with one attached hydrogen (secondary N) is 1. The van der Waals surface area contributed by atoms with E-state index in [1.54, 1.807) is 24.3 Å². The molecule has 21 heavy (non-hydrogen) atoms. The van der Waals surface area contributed by atoms with Gasteiger partial charge < -0.3 is 20.5 Å². The Labute approximate surface area is 120 Å². The molecule has 1 amide bonds. The van der Waals surface area contributed by atoms with Crippen molar-refractivity contribution >= 4 is 23.3 Å². The van der Waals surface area contributed by atoms with Crippen LogP contribution in [-0.2, 0) is 23.9 Å². The van der Waals surface area contributed by atoms with Gasteiger partial charge in [0.25, 0.3) is 5.91 Å². The van der Waals surface area contributed by atoms with Crippen molar-refractivity contribution in [3.63, 3.8) is 0 Å². The second-order valence-corrected chi connectivity index (χ2v) is 4.36. The number of Topliss-reactive ketones (excluding diaryl/α,β-unsaturated/α-hetero) is 1. The maximum Gasteiger partial charge on any atom is 0.348 e. The number of ketones is 1. The Morgan fingerprint density at radius 3 is 2.62 bits per heavy atom. The van der Waals surface area contributed by atoms with E-state index in [1.165, 1.54) is 6.92 Å². The molecule has 0 unspecified atom stereocenters. The van der Waals surface area contributed by atoms with Gasteiger partial charge in [0.2, 0.25) is 11.7 Å². The van der Waals surface area contributed by atoms with E-state index < -0.39 is 23.8 Å². The predicted octanol–water partition coefficient (Wildman–Crippen LogP) is 0.326. The lowest BCUT2D eigenvalue weighted by atomic mass is 10.2. The topological polar surface area (TPSA) is 108 Å². The molecule has 7 heteroatoms. The van der Waals surface area contributed by atoms with Crippen molar-refractivity contribution in [2.75, 3.05) is 11.9 Å². The smallest absolute Gasteiger partial charge is 0.348 e. The fraction of sp³-hybridized carbons (Fsp3) is 0.214. The van der Waals surface area contributed by atoms with Crippen LogP contribution in [0.15, 0.2) is 41.8 Å². The van der Waals surface area contributed by atoms with Crippen LogP contribution in [0.4, 0.5) is 5.69 Å². The first-order valence-electron chi connectivity index (χ1n) is 6.21. The summed E-state index contributed by atoms with van der Waals surface area (Å²) >= 11 is 0. The number of anilines is 1. The molecule has 1 aromatic rings. The van der Waals surface area contributed by atoms with Gasteiger partial charge in [-0.15, -0.1) is 0 Å². The zero-order valence-corrected chi connectivity index (χ0v) is 11.3. The van der Waals surface area contributed by atoms with E-state index in [-0.39, 0.29) is 18.1 Å². The molecule has 1 atom stereocenters. The Morgan fingerprint density at radius 1 is 1.33 bits per heavy atom. The summed E-state index contributed by atoms with van der Waals surface area (Å²) in [7, 11) is 0. The maximum absolute atomic E-state index is 11.9. The third-order valence-corrected chi connectivity index (χ3v) is 2.77. The molecule has 7 nitrogen and oxygen atoms in total. The highest BCUT2D eigenvalue weighted by Gasteiger charge is 2.33. The fourth-order valence-corrected chi connectivity index (χ4v) is 1.64. The zero-order chi connectivity index (χ0) is 15.4. The average Bonchev–Trinajstić information content (AvgIpc) is 2.80. The van der Waals surface area contributed by atoms with Crippen molar-refractivity contribution in [2.24, 2.45) is 5.73 Å². The van der Waals surface area contributed by atoms with E-state index in [0.717, 1.165) is 0 Å². The molecular weight excluding hydrogens is 276 g/mol. The van der Waals surface area contributed by atoms with Crippen LogP contribution < -0.4 is 11.1 Å². The van der Waals surface area contributed by atoms with Gasteiger partial charge in [0, 0.05) is 5.69 Å². The van der Waals surface area contributed by atoms with Gasteiger partial charge in [-0.3, -0.25) is 9.59 Å². The molecule has 1 heterocycles. The molecule has 0 fully saturated rings. The molecule has 3 N–H and O–H groups in total. The summed E-state index contributed by atoms with van der Waals surface area (Å²) in [5, 5.41) is 2.82. The maximum atomic E-state index is 11.9. The molecule has 1 aromatic carbocycles. The number of hydrogen-bond acceptors (Lipinski definition) is 6. The molecule has 0 aromatic heterocycles. The lowest BCUT2D eigenvalue weighted by molar-refractivity contribution is -0.150. The van der Waals surface area contributed by atoms with E-state index in [4.69, 9.17) is 15.2 Å². The van der Waals surface area contributed by atoms with Gasteiger partial charge in [-0.1, -0.05) is 18.2 Å². The van der Waals surface area contributed by atoms with Crippen molar-refractivity contribution in [1.29, 1.82) is 0 Å². The number of carbonyl (C=O) groups is 3. The summed E-state index contributed by atoms with van der Waals surface area (Å²) in [6.07, 6.45) is -1.13. The molecule has 2 rings (SSSR count). The Hall–Kier alpha value is -2.83. The Kier molecular flexibility index (Phi) is 4.22. The van der Waals surface area contributed by atoms with Crippen LogP contribution >= 0.6 is 0 Å². The molecule has 0 saturated carbocycles. The number of esters is 1. The SMILES string of the molecule is C[C@@H](OC(=O)C1=C(Nc2ccccc2)OCC1=O)C(N)=O. The van der Waals surface area contributed by atoms with Crippen molar-refractivity contribution < 1.29 is 23.9 Å². The van der Waals surface area contributed by atoms with Gasteiger partial charge >= 0.3 is 5.97 Å². The van der Waals surface area contributed by atoms with Gasteiger partial charge in [-0.25, -0.2) is 4.79 Å². The van der Waals surface area contributed by atoms with E-state index in [1.807, 2.05) is 6.07 Å². The first-order valence-corrected chi connectivity index (χ1v) is 6.21. The second kappa shape index (κ2) is 6.08. The molecule has 0 spiro atoms. The van der Waals surface area contributed by atoms with Crippen LogP contribution in [0.1, 0.15) is 6.92 Å². The number of hydrogen-bond donors (Lipinski definition) is 2. The van der Waals surface area contributed by atoms with Crippen LogP contribution in [0.5, 0.6) is 0 Å². The monoisotopic (exact) mass is 290 g/mol. The van der Waals surface area contributed by atoms with Crippen LogP contribution in [-0.4, -0.2) is 30.4 Å². The van der Waals surface area contributed by atoms with Crippen molar-refractivity contribution in [3.8, 4) is 0 Å². The Morgan fingerprint density at radius 2 is 2.00 bits per heavy atom. The van der Waals surface area contributed by atoms with E-state index in [0.29, 0.717) is 5.69 Å². The third-order valence-electron chi connectivity index (χ3n) is 2.77. The minimum atomic E-state index is -1.13. The van der Waals surface area contributed by atoms with Gasteiger partial charge in [-0.05, 0) is 19.1 Å². The number of ether oxygens (including phenoxy) is 2. The highest BCUT2D eigenvalue weighted by Crippen LogP contribution is 2.20. The van der Waals surface area contributed by atoms with Crippen molar-refractivity contribution in [1.82, 2.24) is 0 Å². The van der Waals surface area contributed by atoms with Crippen molar-refractivity contribution in [3.05, 3.63) is 41.8 Å². The first-order chi connectivity index (χ1) is 9.99. The Balaban J connectivity index is 2.20. The number of nitrogens with two attached hydrogens (primary N) is 1.